The molecule has 0 fully saturated rings. The molecule has 0 atom stereocenters. The van der Waals surface area contributed by atoms with Crippen molar-refractivity contribution in [2.45, 2.75) is 13.3 Å². The van der Waals surface area contributed by atoms with E-state index in [0.29, 0.717) is 13.0 Å². The SMILES string of the molecule is Cc1ccc(/C=C\C(=O)NCCc2ccc(O)cc2)cc1O. The number of benzene rings is 2. The number of amides is 1. The zero-order valence-corrected chi connectivity index (χ0v) is 12.4. The monoisotopic (exact) mass is 297 g/mol. The van der Waals surface area contributed by atoms with E-state index in [0.717, 1.165) is 16.7 Å². The van der Waals surface area contributed by atoms with Crippen LogP contribution in [0.3, 0.4) is 0 Å². The van der Waals surface area contributed by atoms with Crippen molar-refractivity contribution < 1.29 is 15.0 Å². The Morgan fingerprint density at radius 1 is 1.14 bits per heavy atom. The molecule has 1 amide bonds. The molecule has 4 heteroatoms. The summed E-state index contributed by atoms with van der Waals surface area (Å²) in [4.78, 5) is 11.7. The molecule has 0 bridgehead atoms. The van der Waals surface area contributed by atoms with Crippen LogP contribution >= 0.6 is 0 Å². The minimum absolute atomic E-state index is 0.182. The number of nitrogens with one attached hydrogen (secondary N) is 1. The van der Waals surface area contributed by atoms with Crippen molar-refractivity contribution in [1.29, 1.82) is 0 Å². The highest BCUT2D eigenvalue weighted by atomic mass is 16.3. The van der Waals surface area contributed by atoms with Crippen molar-refractivity contribution in [3.63, 3.8) is 0 Å². The maximum Gasteiger partial charge on any atom is 0.244 e. The van der Waals surface area contributed by atoms with Gasteiger partial charge in [-0.15, -0.1) is 0 Å². The quantitative estimate of drug-likeness (QED) is 0.743. The highest BCUT2D eigenvalue weighted by Crippen LogP contribution is 2.18. The molecule has 0 aliphatic rings. The van der Waals surface area contributed by atoms with E-state index in [1.165, 1.54) is 6.08 Å². The topological polar surface area (TPSA) is 69.6 Å². The number of carbonyl (C=O) groups excluding carboxylic acids is 1. The molecule has 2 rings (SSSR count). The lowest BCUT2D eigenvalue weighted by Gasteiger charge is -2.03. The predicted molar refractivity (Wildman–Crippen MR) is 86.7 cm³/mol. The molecule has 0 aromatic heterocycles. The van der Waals surface area contributed by atoms with E-state index in [9.17, 15) is 15.0 Å². The highest BCUT2D eigenvalue weighted by Gasteiger charge is 1.99. The molecule has 0 saturated heterocycles. The van der Waals surface area contributed by atoms with Crippen molar-refractivity contribution in [3.8, 4) is 11.5 Å². The number of hydrogen-bond acceptors (Lipinski definition) is 3. The largest absolute Gasteiger partial charge is 0.508 e. The molecule has 0 aliphatic carbocycles. The Bertz CT molecular complexity index is 675. The van der Waals surface area contributed by atoms with E-state index >= 15 is 0 Å². The second-order valence-corrected chi connectivity index (χ2v) is 5.09. The van der Waals surface area contributed by atoms with E-state index in [1.807, 2.05) is 25.1 Å². The molecule has 2 aromatic carbocycles. The van der Waals surface area contributed by atoms with Gasteiger partial charge in [0.15, 0.2) is 0 Å². The standard InChI is InChI=1S/C18H19NO3/c1-13-2-3-15(12-17(13)21)6-9-18(22)19-11-10-14-4-7-16(20)8-5-14/h2-9,12,20-21H,10-11H2,1H3,(H,19,22)/b9-6-. The molecule has 0 unspecified atom stereocenters. The molecular formula is C18H19NO3. The van der Waals surface area contributed by atoms with Gasteiger partial charge in [0.05, 0.1) is 0 Å². The third kappa shape index (κ3) is 4.66. The second kappa shape index (κ2) is 7.31. The molecule has 0 heterocycles. The van der Waals surface area contributed by atoms with Gasteiger partial charge in [-0.2, -0.15) is 0 Å². The van der Waals surface area contributed by atoms with E-state index in [-0.39, 0.29) is 17.4 Å². The summed E-state index contributed by atoms with van der Waals surface area (Å²) in [5, 5.41) is 21.6. The van der Waals surface area contributed by atoms with Crippen LogP contribution in [0, 0.1) is 6.92 Å². The minimum atomic E-state index is -0.182. The van der Waals surface area contributed by atoms with Gasteiger partial charge in [0, 0.05) is 12.6 Å². The molecule has 0 radical (unpaired) electrons. The van der Waals surface area contributed by atoms with Crippen LogP contribution in [0.15, 0.2) is 48.5 Å². The number of rotatable bonds is 5. The molecule has 2 aromatic rings. The summed E-state index contributed by atoms with van der Waals surface area (Å²) in [5.74, 6) is 0.269. The van der Waals surface area contributed by atoms with Crippen LogP contribution < -0.4 is 5.32 Å². The van der Waals surface area contributed by atoms with Crippen molar-refractivity contribution in [3.05, 3.63) is 65.2 Å². The number of phenolic OH excluding ortho intramolecular Hbond substituents is 2. The van der Waals surface area contributed by atoms with E-state index in [4.69, 9.17) is 0 Å². The van der Waals surface area contributed by atoms with Crippen molar-refractivity contribution in [2.24, 2.45) is 0 Å². The lowest BCUT2D eigenvalue weighted by Crippen LogP contribution is -2.23. The predicted octanol–water partition coefficient (Wildman–Crippen LogP) is 2.78. The van der Waals surface area contributed by atoms with Crippen LogP contribution in [0.1, 0.15) is 16.7 Å². The zero-order chi connectivity index (χ0) is 15.9. The minimum Gasteiger partial charge on any atom is -0.508 e. The first-order valence-corrected chi connectivity index (χ1v) is 7.08. The maximum atomic E-state index is 11.7. The van der Waals surface area contributed by atoms with Gasteiger partial charge in [0.2, 0.25) is 5.91 Å². The average Bonchev–Trinajstić information content (AvgIpc) is 2.50. The summed E-state index contributed by atoms with van der Waals surface area (Å²) in [6.45, 7) is 2.34. The summed E-state index contributed by atoms with van der Waals surface area (Å²) >= 11 is 0. The fraction of sp³-hybridized carbons (Fsp3) is 0.167. The summed E-state index contributed by atoms with van der Waals surface area (Å²) in [6.07, 6.45) is 3.81. The molecule has 0 saturated carbocycles. The Morgan fingerprint density at radius 2 is 1.86 bits per heavy atom. The van der Waals surface area contributed by atoms with Crippen LogP contribution in [0.4, 0.5) is 0 Å². The van der Waals surface area contributed by atoms with Gasteiger partial charge in [-0.3, -0.25) is 4.79 Å². The maximum absolute atomic E-state index is 11.7. The van der Waals surface area contributed by atoms with Crippen molar-refractivity contribution in [1.82, 2.24) is 5.32 Å². The van der Waals surface area contributed by atoms with Crippen LogP contribution in [0.25, 0.3) is 6.08 Å². The van der Waals surface area contributed by atoms with Crippen molar-refractivity contribution >= 4 is 12.0 Å². The van der Waals surface area contributed by atoms with Gasteiger partial charge in [-0.05, 0) is 54.3 Å². The number of carbonyl (C=O) groups is 1. The Labute approximate surface area is 129 Å². The van der Waals surface area contributed by atoms with Gasteiger partial charge in [0.25, 0.3) is 0 Å². The summed E-state index contributed by atoms with van der Waals surface area (Å²) in [6, 6.07) is 12.2. The molecular weight excluding hydrogens is 278 g/mol. The number of phenols is 2. The van der Waals surface area contributed by atoms with Gasteiger partial charge < -0.3 is 15.5 Å². The smallest absolute Gasteiger partial charge is 0.244 e. The van der Waals surface area contributed by atoms with Crippen LogP contribution in [-0.4, -0.2) is 22.7 Å². The molecule has 114 valence electrons. The Morgan fingerprint density at radius 3 is 2.55 bits per heavy atom. The Hall–Kier alpha value is -2.75. The van der Waals surface area contributed by atoms with Crippen LogP contribution in [0.2, 0.25) is 0 Å². The molecule has 0 aliphatic heterocycles. The van der Waals surface area contributed by atoms with E-state index in [1.54, 1.807) is 30.3 Å². The fourth-order valence-corrected chi connectivity index (χ4v) is 1.95. The summed E-state index contributed by atoms with van der Waals surface area (Å²) in [5.41, 5.74) is 2.62. The molecule has 3 N–H and O–H groups in total. The average molecular weight is 297 g/mol. The van der Waals surface area contributed by atoms with Crippen LogP contribution in [0.5, 0.6) is 11.5 Å². The molecule has 4 nitrogen and oxygen atoms in total. The normalized spacial score (nSPS) is 10.8. The first-order chi connectivity index (χ1) is 10.5. The Kier molecular flexibility index (Phi) is 5.20. The molecule has 22 heavy (non-hydrogen) atoms. The first kappa shape index (κ1) is 15.6. The zero-order valence-electron chi connectivity index (χ0n) is 12.4. The Balaban J connectivity index is 1.81. The van der Waals surface area contributed by atoms with E-state index < -0.39 is 0 Å². The second-order valence-electron chi connectivity index (χ2n) is 5.09. The number of aryl methyl sites for hydroxylation is 1. The summed E-state index contributed by atoms with van der Waals surface area (Å²) in [7, 11) is 0. The van der Waals surface area contributed by atoms with Gasteiger partial charge in [0.1, 0.15) is 11.5 Å². The van der Waals surface area contributed by atoms with E-state index in [2.05, 4.69) is 5.32 Å². The number of hydrogen-bond donors (Lipinski definition) is 3. The lowest BCUT2D eigenvalue weighted by molar-refractivity contribution is -0.116. The van der Waals surface area contributed by atoms with Crippen molar-refractivity contribution in [2.75, 3.05) is 6.54 Å². The van der Waals surface area contributed by atoms with Gasteiger partial charge in [-0.1, -0.05) is 24.3 Å². The van der Waals surface area contributed by atoms with Gasteiger partial charge >= 0.3 is 0 Å². The third-order valence-corrected chi connectivity index (χ3v) is 3.31. The fourth-order valence-electron chi connectivity index (χ4n) is 1.95. The van der Waals surface area contributed by atoms with Crippen LogP contribution in [-0.2, 0) is 11.2 Å². The van der Waals surface area contributed by atoms with Gasteiger partial charge in [-0.25, -0.2) is 0 Å². The lowest BCUT2D eigenvalue weighted by atomic mass is 10.1. The summed E-state index contributed by atoms with van der Waals surface area (Å²) < 4.78 is 0. The third-order valence-electron chi connectivity index (χ3n) is 3.31. The highest BCUT2D eigenvalue weighted by molar-refractivity contribution is 5.91. The first-order valence-electron chi connectivity index (χ1n) is 7.08. The number of aromatic hydroxyl groups is 2. The molecule has 0 spiro atoms.